The summed E-state index contributed by atoms with van der Waals surface area (Å²) < 4.78 is 11.1. The first-order chi connectivity index (χ1) is 11.7. The molecule has 2 rings (SSSR count). The summed E-state index contributed by atoms with van der Waals surface area (Å²) in [5, 5.41) is 9.22. The molecule has 0 spiro atoms. The summed E-state index contributed by atoms with van der Waals surface area (Å²) >= 11 is 6.06. The fourth-order valence-electron chi connectivity index (χ4n) is 2.57. The van der Waals surface area contributed by atoms with Crippen molar-refractivity contribution in [3.05, 3.63) is 28.8 Å². The van der Waals surface area contributed by atoms with Crippen LogP contribution in [0.4, 0.5) is 4.79 Å². The van der Waals surface area contributed by atoms with Gasteiger partial charge in [-0.2, -0.15) is 0 Å². The van der Waals surface area contributed by atoms with Crippen LogP contribution in [0.3, 0.4) is 0 Å². The van der Waals surface area contributed by atoms with Crippen molar-refractivity contribution < 1.29 is 24.2 Å². The Morgan fingerprint density at radius 1 is 1.28 bits per heavy atom. The molecule has 6 nitrogen and oxygen atoms in total. The van der Waals surface area contributed by atoms with Crippen molar-refractivity contribution in [3.63, 3.8) is 0 Å². The van der Waals surface area contributed by atoms with E-state index in [0.29, 0.717) is 31.4 Å². The summed E-state index contributed by atoms with van der Waals surface area (Å²) in [5.41, 5.74) is -0.362. The molecule has 25 heavy (non-hydrogen) atoms. The molecule has 0 atom stereocenters. The zero-order valence-electron chi connectivity index (χ0n) is 14.8. The predicted octanol–water partition coefficient (Wildman–Crippen LogP) is 4.06. The average molecular weight is 370 g/mol. The number of carbonyl (C=O) groups excluding carboxylic acids is 1. The molecular weight excluding hydrogens is 346 g/mol. The highest BCUT2D eigenvalue weighted by molar-refractivity contribution is 6.32. The summed E-state index contributed by atoms with van der Waals surface area (Å²) in [6, 6.07) is 4.42. The van der Waals surface area contributed by atoms with Gasteiger partial charge in [0, 0.05) is 13.1 Å². The third kappa shape index (κ3) is 5.81. The maximum atomic E-state index is 12.0. The quantitative estimate of drug-likeness (QED) is 0.865. The molecule has 1 aromatic rings. The Labute approximate surface area is 152 Å². The standard InChI is InChI=1S/C18H24ClNO5/c1-18(2,3)25-17(23)20-8-6-12(7-9-20)11-24-15-5-4-13(16(21)22)10-14(15)19/h4-5,10,12H,6-9,11H2,1-3H3,(H,21,22). The fraction of sp³-hybridized carbons (Fsp3) is 0.556. The van der Waals surface area contributed by atoms with E-state index in [1.54, 1.807) is 11.0 Å². The average Bonchev–Trinajstić information content (AvgIpc) is 2.52. The Balaban J connectivity index is 1.81. The Bertz CT molecular complexity index is 633. The van der Waals surface area contributed by atoms with Crippen LogP contribution in [0.1, 0.15) is 44.0 Å². The maximum Gasteiger partial charge on any atom is 0.410 e. The lowest BCUT2D eigenvalue weighted by atomic mass is 9.98. The number of ether oxygens (including phenoxy) is 2. The number of piperidine rings is 1. The second-order valence-corrected chi connectivity index (χ2v) is 7.58. The van der Waals surface area contributed by atoms with Crippen LogP contribution in [-0.2, 0) is 4.74 Å². The Morgan fingerprint density at radius 3 is 2.44 bits per heavy atom. The van der Waals surface area contributed by atoms with Crippen molar-refractivity contribution in [2.45, 2.75) is 39.2 Å². The molecule has 1 amide bonds. The number of nitrogens with zero attached hydrogens (tertiary/aromatic N) is 1. The van der Waals surface area contributed by atoms with Crippen LogP contribution in [0.25, 0.3) is 0 Å². The van der Waals surface area contributed by atoms with Crippen LogP contribution in [0.5, 0.6) is 5.75 Å². The maximum absolute atomic E-state index is 12.0. The first kappa shape index (κ1) is 19.4. The normalized spacial score (nSPS) is 15.8. The van der Waals surface area contributed by atoms with Crippen molar-refractivity contribution in [2.24, 2.45) is 5.92 Å². The molecule has 1 aromatic carbocycles. The summed E-state index contributed by atoms with van der Waals surface area (Å²) in [7, 11) is 0. The molecule has 0 saturated carbocycles. The smallest absolute Gasteiger partial charge is 0.410 e. The summed E-state index contributed by atoms with van der Waals surface area (Å²) in [4.78, 5) is 24.7. The number of halogens is 1. The molecule has 1 heterocycles. The lowest BCUT2D eigenvalue weighted by molar-refractivity contribution is 0.0164. The third-order valence-electron chi connectivity index (χ3n) is 3.92. The van der Waals surface area contributed by atoms with Gasteiger partial charge in [0.25, 0.3) is 0 Å². The number of rotatable bonds is 4. The molecule has 0 radical (unpaired) electrons. The molecule has 1 aliphatic rings. The second kappa shape index (κ2) is 7.95. The number of amides is 1. The molecule has 0 aliphatic carbocycles. The van der Waals surface area contributed by atoms with Gasteiger partial charge in [0.15, 0.2) is 0 Å². The molecule has 0 aromatic heterocycles. The van der Waals surface area contributed by atoms with E-state index in [1.165, 1.54) is 12.1 Å². The summed E-state index contributed by atoms with van der Waals surface area (Å²) in [5.74, 6) is -0.238. The number of carbonyl (C=O) groups is 2. The van der Waals surface area contributed by atoms with Crippen LogP contribution in [0.2, 0.25) is 5.02 Å². The topological polar surface area (TPSA) is 76.1 Å². The van der Waals surface area contributed by atoms with Crippen LogP contribution >= 0.6 is 11.6 Å². The molecule has 1 N–H and O–H groups in total. The van der Waals surface area contributed by atoms with Crippen molar-refractivity contribution in [3.8, 4) is 5.75 Å². The number of carboxylic acid groups (broad SMARTS) is 1. The van der Waals surface area contributed by atoms with Crippen LogP contribution in [0.15, 0.2) is 18.2 Å². The van der Waals surface area contributed by atoms with Gasteiger partial charge >= 0.3 is 12.1 Å². The Kier molecular flexibility index (Phi) is 6.16. The second-order valence-electron chi connectivity index (χ2n) is 7.17. The number of carboxylic acids is 1. The molecule has 1 saturated heterocycles. The van der Waals surface area contributed by atoms with E-state index in [-0.39, 0.29) is 16.7 Å². The summed E-state index contributed by atoms with van der Waals surface area (Å²) in [6.45, 7) is 7.30. The van der Waals surface area contributed by atoms with E-state index in [9.17, 15) is 9.59 Å². The monoisotopic (exact) mass is 369 g/mol. The number of benzene rings is 1. The van der Waals surface area contributed by atoms with E-state index < -0.39 is 11.6 Å². The number of likely N-dealkylation sites (tertiary alicyclic amines) is 1. The van der Waals surface area contributed by atoms with Gasteiger partial charge in [0.1, 0.15) is 11.4 Å². The Hall–Kier alpha value is -1.95. The minimum absolute atomic E-state index is 0.128. The van der Waals surface area contributed by atoms with Crippen molar-refractivity contribution in [1.82, 2.24) is 4.90 Å². The van der Waals surface area contributed by atoms with E-state index in [1.807, 2.05) is 20.8 Å². The van der Waals surface area contributed by atoms with Gasteiger partial charge in [-0.15, -0.1) is 0 Å². The molecule has 1 aliphatic heterocycles. The van der Waals surface area contributed by atoms with Crippen molar-refractivity contribution >= 4 is 23.7 Å². The third-order valence-corrected chi connectivity index (χ3v) is 4.21. The molecule has 0 bridgehead atoms. The van der Waals surface area contributed by atoms with E-state index in [2.05, 4.69) is 0 Å². The van der Waals surface area contributed by atoms with E-state index in [4.69, 9.17) is 26.2 Å². The molecule has 1 fully saturated rings. The highest BCUT2D eigenvalue weighted by Gasteiger charge is 2.27. The van der Waals surface area contributed by atoms with Gasteiger partial charge in [-0.1, -0.05) is 11.6 Å². The SMILES string of the molecule is CC(C)(C)OC(=O)N1CCC(COc2ccc(C(=O)O)cc2Cl)CC1. The minimum atomic E-state index is -1.03. The van der Waals surface area contributed by atoms with Crippen LogP contribution in [0, 0.1) is 5.92 Å². The van der Waals surface area contributed by atoms with E-state index >= 15 is 0 Å². The fourth-order valence-corrected chi connectivity index (χ4v) is 2.80. The highest BCUT2D eigenvalue weighted by atomic mass is 35.5. The molecular formula is C18H24ClNO5. The van der Waals surface area contributed by atoms with Gasteiger partial charge < -0.3 is 19.5 Å². The summed E-state index contributed by atoms with van der Waals surface area (Å²) in [6.07, 6.45) is 1.37. The predicted molar refractivity (Wildman–Crippen MR) is 94.4 cm³/mol. The van der Waals surface area contributed by atoms with Gasteiger partial charge in [-0.3, -0.25) is 0 Å². The zero-order chi connectivity index (χ0) is 18.6. The first-order valence-electron chi connectivity index (χ1n) is 8.29. The van der Waals surface area contributed by atoms with E-state index in [0.717, 1.165) is 12.8 Å². The lowest BCUT2D eigenvalue weighted by Gasteiger charge is -2.33. The van der Waals surface area contributed by atoms with Gasteiger partial charge in [0.2, 0.25) is 0 Å². The van der Waals surface area contributed by atoms with Gasteiger partial charge in [-0.05, 0) is 57.7 Å². The number of hydrogen-bond donors (Lipinski definition) is 1. The highest BCUT2D eigenvalue weighted by Crippen LogP contribution is 2.27. The van der Waals surface area contributed by atoms with Crippen LogP contribution in [-0.4, -0.2) is 47.4 Å². The molecule has 0 unspecified atom stereocenters. The molecule has 138 valence electrons. The first-order valence-corrected chi connectivity index (χ1v) is 8.67. The largest absolute Gasteiger partial charge is 0.492 e. The Morgan fingerprint density at radius 2 is 1.92 bits per heavy atom. The van der Waals surface area contributed by atoms with Gasteiger partial charge in [-0.25, -0.2) is 9.59 Å². The number of aromatic carboxylic acids is 1. The van der Waals surface area contributed by atoms with Crippen LogP contribution < -0.4 is 4.74 Å². The van der Waals surface area contributed by atoms with Crippen molar-refractivity contribution in [1.29, 1.82) is 0 Å². The zero-order valence-corrected chi connectivity index (χ0v) is 15.5. The molecule has 7 heteroatoms. The van der Waals surface area contributed by atoms with Gasteiger partial charge in [0.05, 0.1) is 17.2 Å². The minimum Gasteiger partial charge on any atom is -0.492 e. The van der Waals surface area contributed by atoms with Crippen molar-refractivity contribution in [2.75, 3.05) is 19.7 Å². The number of hydrogen-bond acceptors (Lipinski definition) is 4. The lowest BCUT2D eigenvalue weighted by Crippen LogP contribution is -2.42.